The van der Waals surface area contributed by atoms with E-state index >= 15 is 0 Å². The molecule has 2 aromatic rings. The summed E-state index contributed by atoms with van der Waals surface area (Å²) in [5.74, 6) is 0.462. The summed E-state index contributed by atoms with van der Waals surface area (Å²) in [4.78, 5) is 24.0. The minimum Gasteiger partial charge on any atom is -0.508 e. The van der Waals surface area contributed by atoms with Crippen LogP contribution in [0.2, 0.25) is 0 Å². The molecule has 0 radical (unpaired) electrons. The lowest BCUT2D eigenvalue weighted by atomic mass is 9.94. The number of phenolic OH excluding ortho intramolecular Hbond substituents is 1. The molecule has 31 heavy (non-hydrogen) atoms. The molecule has 0 fully saturated rings. The molecule has 166 valence electrons. The van der Waals surface area contributed by atoms with E-state index in [1.165, 1.54) is 0 Å². The van der Waals surface area contributed by atoms with Crippen molar-refractivity contribution >= 4 is 53.0 Å². The maximum absolute atomic E-state index is 12.6. The Morgan fingerprint density at radius 2 is 2.00 bits per heavy atom. The van der Waals surface area contributed by atoms with Gasteiger partial charge in [-0.25, -0.2) is 4.79 Å². The van der Waals surface area contributed by atoms with E-state index in [-0.39, 0.29) is 30.8 Å². The highest BCUT2D eigenvalue weighted by Crippen LogP contribution is 2.37. The van der Waals surface area contributed by atoms with Crippen LogP contribution < -0.4 is 14.8 Å². The minimum absolute atomic E-state index is 0.0100. The van der Waals surface area contributed by atoms with E-state index in [4.69, 9.17) is 18.9 Å². The van der Waals surface area contributed by atoms with Crippen molar-refractivity contribution < 1.29 is 33.6 Å². The zero-order valence-corrected chi connectivity index (χ0v) is 19.7. The maximum atomic E-state index is 12.6. The van der Waals surface area contributed by atoms with E-state index in [1.807, 2.05) is 6.92 Å². The quantitative estimate of drug-likeness (QED) is 0.249. The molecule has 1 aliphatic heterocycles. The van der Waals surface area contributed by atoms with Crippen molar-refractivity contribution in [2.45, 2.75) is 19.4 Å². The SMILES string of the molecule is C[C@H](CCOC(=O)CS)[C@@H](OC(=O)Nc1ccc2c(c1)OCO2)c1cc(I)ccc1O. The van der Waals surface area contributed by atoms with Crippen LogP contribution in [0.4, 0.5) is 10.5 Å². The summed E-state index contributed by atoms with van der Waals surface area (Å²) in [5, 5.41) is 13.0. The van der Waals surface area contributed by atoms with Gasteiger partial charge >= 0.3 is 12.1 Å². The normalized spacial score (nSPS) is 13.9. The van der Waals surface area contributed by atoms with Crippen LogP contribution >= 0.6 is 35.2 Å². The molecule has 1 amide bonds. The lowest BCUT2D eigenvalue weighted by Crippen LogP contribution is -2.23. The van der Waals surface area contributed by atoms with E-state index in [2.05, 4.69) is 40.5 Å². The molecular formula is C21H22INO7S. The van der Waals surface area contributed by atoms with Gasteiger partial charge in [-0.15, -0.1) is 0 Å². The molecule has 8 nitrogen and oxygen atoms in total. The van der Waals surface area contributed by atoms with Crippen LogP contribution in [0.5, 0.6) is 17.2 Å². The smallest absolute Gasteiger partial charge is 0.412 e. The monoisotopic (exact) mass is 559 g/mol. The second kappa shape index (κ2) is 10.8. The van der Waals surface area contributed by atoms with Crippen molar-refractivity contribution in [3.05, 3.63) is 45.5 Å². The maximum Gasteiger partial charge on any atom is 0.412 e. The van der Waals surface area contributed by atoms with Crippen molar-refractivity contribution in [3.8, 4) is 17.2 Å². The summed E-state index contributed by atoms with van der Waals surface area (Å²) < 4.78 is 22.2. The number of hydrogen-bond acceptors (Lipinski definition) is 8. The molecular weight excluding hydrogens is 537 g/mol. The van der Waals surface area contributed by atoms with Gasteiger partial charge in [-0.3, -0.25) is 10.1 Å². The van der Waals surface area contributed by atoms with Crippen molar-refractivity contribution in [3.63, 3.8) is 0 Å². The largest absolute Gasteiger partial charge is 0.508 e. The first-order valence-electron chi connectivity index (χ1n) is 9.49. The number of carbonyl (C=O) groups is 2. The molecule has 0 bridgehead atoms. The lowest BCUT2D eigenvalue weighted by molar-refractivity contribution is -0.141. The number of anilines is 1. The zero-order valence-electron chi connectivity index (χ0n) is 16.7. The fourth-order valence-corrected chi connectivity index (χ4v) is 3.64. The third-order valence-electron chi connectivity index (χ3n) is 4.63. The summed E-state index contributed by atoms with van der Waals surface area (Å²) in [5.41, 5.74) is 0.955. The van der Waals surface area contributed by atoms with Gasteiger partial charge in [0, 0.05) is 26.8 Å². The molecule has 2 atom stereocenters. The minimum atomic E-state index is -0.765. The molecule has 1 heterocycles. The summed E-state index contributed by atoms with van der Waals surface area (Å²) in [6, 6.07) is 10.1. The van der Waals surface area contributed by atoms with E-state index in [9.17, 15) is 14.7 Å². The molecule has 0 aromatic heterocycles. The van der Waals surface area contributed by atoms with E-state index in [0.29, 0.717) is 29.2 Å². The third-order valence-corrected chi connectivity index (χ3v) is 5.56. The number of nitrogens with one attached hydrogen (secondary N) is 1. The molecule has 3 rings (SSSR count). The van der Waals surface area contributed by atoms with E-state index < -0.39 is 18.2 Å². The van der Waals surface area contributed by atoms with Gasteiger partial charge in [-0.05, 0) is 59.3 Å². The Morgan fingerprint density at radius 3 is 2.77 bits per heavy atom. The second-order valence-electron chi connectivity index (χ2n) is 6.87. The van der Waals surface area contributed by atoms with Crippen LogP contribution in [0.25, 0.3) is 0 Å². The number of thiol groups is 1. The number of halogens is 1. The van der Waals surface area contributed by atoms with Crippen LogP contribution in [0, 0.1) is 9.49 Å². The highest BCUT2D eigenvalue weighted by molar-refractivity contribution is 14.1. The van der Waals surface area contributed by atoms with Crippen LogP contribution in [0.3, 0.4) is 0 Å². The first kappa shape index (κ1) is 23.3. The van der Waals surface area contributed by atoms with Gasteiger partial charge in [0.2, 0.25) is 6.79 Å². The van der Waals surface area contributed by atoms with Crippen molar-refractivity contribution in [1.82, 2.24) is 0 Å². The number of esters is 1. The highest BCUT2D eigenvalue weighted by Gasteiger charge is 2.27. The molecule has 2 N–H and O–H groups in total. The number of amides is 1. The Balaban J connectivity index is 1.73. The van der Waals surface area contributed by atoms with Crippen molar-refractivity contribution in [1.29, 1.82) is 0 Å². The summed E-state index contributed by atoms with van der Waals surface area (Å²) in [6.07, 6.45) is -1.04. The summed E-state index contributed by atoms with van der Waals surface area (Å²) >= 11 is 6.00. The fourth-order valence-electron chi connectivity index (χ4n) is 3.03. The van der Waals surface area contributed by atoms with Gasteiger partial charge in [0.25, 0.3) is 0 Å². The van der Waals surface area contributed by atoms with Gasteiger partial charge in [0.05, 0.1) is 12.4 Å². The predicted octanol–water partition coefficient (Wildman–Crippen LogP) is 4.51. The zero-order chi connectivity index (χ0) is 22.4. The third kappa shape index (κ3) is 6.33. The predicted molar refractivity (Wildman–Crippen MR) is 125 cm³/mol. The molecule has 0 saturated heterocycles. The van der Waals surface area contributed by atoms with Crippen molar-refractivity contribution in [2.24, 2.45) is 5.92 Å². The molecule has 0 saturated carbocycles. The average molecular weight is 559 g/mol. The number of aromatic hydroxyl groups is 1. The molecule has 2 aromatic carbocycles. The standard InChI is InChI=1S/C21H22INO7S/c1-12(6-7-27-19(25)10-31)20(15-8-13(22)2-4-16(15)24)30-21(26)23-14-3-5-17-18(9-14)29-11-28-17/h2-5,8-9,12,20,24,31H,6-7,10-11H2,1H3,(H,23,26)/t12-,20-/m1/s1. The first-order valence-corrected chi connectivity index (χ1v) is 11.2. The van der Waals surface area contributed by atoms with Gasteiger partial charge in [0.15, 0.2) is 11.5 Å². The van der Waals surface area contributed by atoms with Gasteiger partial charge in [0.1, 0.15) is 11.9 Å². The number of rotatable bonds is 8. The first-order chi connectivity index (χ1) is 14.9. The highest BCUT2D eigenvalue weighted by atomic mass is 127. The van der Waals surface area contributed by atoms with Gasteiger partial charge in [-0.2, -0.15) is 12.6 Å². The summed E-state index contributed by atoms with van der Waals surface area (Å²) in [7, 11) is 0. The van der Waals surface area contributed by atoms with Gasteiger partial charge < -0.3 is 24.1 Å². The Hall–Kier alpha value is -2.34. The van der Waals surface area contributed by atoms with Crippen molar-refractivity contribution in [2.75, 3.05) is 24.5 Å². The fraction of sp³-hybridized carbons (Fsp3) is 0.333. The number of carbonyl (C=O) groups excluding carboxylic acids is 2. The summed E-state index contributed by atoms with van der Waals surface area (Å²) in [6.45, 7) is 2.13. The Labute approximate surface area is 198 Å². The lowest BCUT2D eigenvalue weighted by Gasteiger charge is -2.25. The number of ether oxygens (including phenoxy) is 4. The van der Waals surface area contributed by atoms with Crippen LogP contribution in [-0.4, -0.2) is 36.3 Å². The molecule has 0 aliphatic carbocycles. The number of hydrogen-bond donors (Lipinski definition) is 3. The Bertz CT molecular complexity index is 955. The Morgan fingerprint density at radius 1 is 1.23 bits per heavy atom. The second-order valence-corrected chi connectivity index (χ2v) is 8.43. The number of phenols is 1. The van der Waals surface area contributed by atoms with E-state index in [0.717, 1.165) is 3.57 Å². The number of benzene rings is 2. The number of fused-ring (bicyclic) bond motifs is 1. The molecule has 0 spiro atoms. The van der Waals surface area contributed by atoms with E-state index in [1.54, 1.807) is 36.4 Å². The topological polar surface area (TPSA) is 103 Å². The molecule has 1 aliphatic rings. The van der Waals surface area contributed by atoms with Crippen LogP contribution in [0.1, 0.15) is 25.0 Å². The van der Waals surface area contributed by atoms with Crippen LogP contribution in [0.15, 0.2) is 36.4 Å². The molecule has 10 heteroatoms. The Kier molecular flexibility index (Phi) is 8.13. The van der Waals surface area contributed by atoms with Gasteiger partial charge in [-0.1, -0.05) is 6.92 Å². The average Bonchev–Trinajstić information content (AvgIpc) is 3.21. The van der Waals surface area contributed by atoms with Crippen LogP contribution in [-0.2, 0) is 14.3 Å². The molecule has 0 unspecified atom stereocenters.